The summed E-state index contributed by atoms with van der Waals surface area (Å²) >= 11 is 0. The summed E-state index contributed by atoms with van der Waals surface area (Å²) in [5.74, 6) is 0.816. The molecule has 0 saturated heterocycles. The van der Waals surface area contributed by atoms with Gasteiger partial charge in [0.1, 0.15) is 11.5 Å². The fourth-order valence-corrected chi connectivity index (χ4v) is 3.14. The average Bonchev–Trinajstić information content (AvgIpc) is 3.39. The van der Waals surface area contributed by atoms with Crippen molar-refractivity contribution in [2.24, 2.45) is 5.10 Å². The standard InChI is InChI=1S/C22H18N4O4/c27-22(12-7-16-13-23-20-4-2-1-3-19(16)20)25-24-14-18-10-11-21(30-18)15-5-8-17(9-6-15)26(28)29/h1-6,8-11,13-14,23H,7,12H2,(H,25,27)/b24-14+. The van der Waals surface area contributed by atoms with Crippen molar-refractivity contribution in [3.05, 3.63) is 88.3 Å². The van der Waals surface area contributed by atoms with Crippen LogP contribution in [0.4, 0.5) is 5.69 Å². The third kappa shape index (κ3) is 4.27. The molecule has 4 rings (SSSR count). The van der Waals surface area contributed by atoms with Crippen LogP contribution in [0.2, 0.25) is 0 Å². The highest BCUT2D eigenvalue weighted by Crippen LogP contribution is 2.24. The van der Waals surface area contributed by atoms with Gasteiger partial charge in [0, 0.05) is 41.2 Å². The number of carbonyl (C=O) groups excluding carboxylic acids is 1. The number of non-ortho nitro benzene ring substituents is 1. The first-order valence-corrected chi connectivity index (χ1v) is 9.32. The summed E-state index contributed by atoms with van der Waals surface area (Å²) in [5, 5.41) is 15.8. The van der Waals surface area contributed by atoms with Crippen LogP contribution in [-0.4, -0.2) is 22.0 Å². The molecule has 0 saturated carbocycles. The zero-order valence-corrected chi connectivity index (χ0v) is 15.9. The maximum Gasteiger partial charge on any atom is 0.269 e. The van der Waals surface area contributed by atoms with Gasteiger partial charge in [-0.2, -0.15) is 5.10 Å². The topological polar surface area (TPSA) is 114 Å². The van der Waals surface area contributed by atoms with E-state index in [0.29, 0.717) is 29.9 Å². The number of carbonyl (C=O) groups is 1. The summed E-state index contributed by atoms with van der Waals surface area (Å²) in [6.07, 6.45) is 4.25. The number of aryl methyl sites for hydroxylation is 1. The number of hydrazone groups is 1. The van der Waals surface area contributed by atoms with Crippen LogP contribution in [0.3, 0.4) is 0 Å². The molecule has 8 heteroatoms. The Hall–Kier alpha value is -4.20. The number of nitro groups is 1. The van der Waals surface area contributed by atoms with Crippen molar-refractivity contribution in [2.75, 3.05) is 0 Å². The Morgan fingerprint density at radius 1 is 1.13 bits per heavy atom. The Morgan fingerprint density at radius 3 is 2.73 bits per heavy atom. The molecule has 0 fully saturated rings. The van der Waals surface area contributed by atoms with Crippen molar-refractivity contribution in [1.82, 2.24) is 10.4 Å². The number of furan rings is 1. The maximum absolute atomic E-state index is 12.1. The smallest absolute Gasteiger partial charge is 0.269 e. The van der Waals surface area contributed by atoms with Gasteiger partial charge in [0.15, 0.2) is 0 Å². The van der Waals surface area contributed by atoms with E-state index in [9.17, 15) is 14.9 Å². The lowest BCUT2D eigenvalue weighted by Gasteiger charge is -1.99. The highest BCUT2D eigenvalue weighted by atomic mass is 16.6. The molecule has 0 atom stereocenters. The molecule has 2 aromatic heterocycles. The number of H-pyrrole nitrogens is 1. The molecule has 8 nitrogen and oxygen atoms in total. The predicted octanol–water partition coefficient (Wildman–Crippen LogP) is 4.42. The SMILES string of the molecule is O=C(CCc1c[nH]c2ccccc12)N/N=C/c1ccc(-c2ccc([N+](=O)[O-])cc2)o1. The number of aromatic amines is 1. The number of nitrogens with zero attached hydrogens (tertiary/aromatic N) is 2. The van der Waals surface area contributed by atoms with Gasteiger partial charge in [0.05, 0.1) is 11.1 Å². The van der Waals surface area contributed by atoms with Gasteiger partial charge < -0.3 is 9.40 Å². The fraction of sp³-hybridized carbons (Fsp3) is 0.0909. The molecule has 150 valence electrons. The number of nitro benzene ring substituents is 1. The summed E-state index contributed by atoms with van der Waals surface area (Å²) in [6.45, 7) is 0. The van der Waals surface area contributed by atoms with E-state index in [1.54, 1.807) is 24.3 Å². The van der Waals surface area contributed by atoms with E-state index < -0.39 is 4.92 Å². The van der Waals surface area contributed by atoms with Crippen molar-refractivity contribution in [2.45, 2.75) is 12.8 Å². The van der Waals surface area contributed by atoms with Gasteiger partial charge >= 0.3 is 0 Å². The lowest BCUT2D eigenvalue weighted by atomic mass is 10.1. The molecule has 0 spiro atoms. The molecular weight excluding hydrogens is 384 g/mol. The molecular formula is C22H18N4O4. The van der Waals surface area contributed by atoms with E-state index >= 15 is 0 Å². The molecule has 0 bridgehead atoms. The van der Waals surface area contributed by atoms with Crippen LogP contribution < -0.4 is 5.43 Å². The van der Waals surface area contributed by atoms with E-state index in [1.165, 1.54) is 18.3 Å². The average molecular weight is 402 g/mol. The number of nitrogens with one attached hydrogen (secondary N) is 2. The maximum atomic E-state index is 12.1. The minimum atomic E-state index is -0.453. The van der Waals surface area contributed by atoms with Crippen LogP contribution in [0.5, 0.6) is 0 Å². The predicted molar refractivity (Wildman–Crippen MR) is 113 cm³/mol. The number of fused-ring (bicyclic) bond motifs is 1. The lowest BCUT2D eigenvalue weighted by molar-refractivity contribution is -0.384. The molecule has 2 heterocycles. The lowest BCUT2D eigenvalue weighted by Crippen LogP contribution is -2.17. The molecule has 0 radical (unpaired) electrons. The van der Waals surface area contributed by atoms with Crippen molar-refractivity contribution in [3.63, 3.8) is 0 Å². The molecule has 1 amide bonds. The summed E-state index contributed by atoms with van der Waals surface area (Å²) in [7, 11) is 0. The quantitative estimate of drug-likeness (QED) is 0.271. The van der Waals surface area contributed by atoms with Gasteiger partial charge in [-0.05, 0) is 42.3 Å². The van der Waals surface area contributed by atoms with Crippen LogP contribution in [0.25, 0.3) is 22.2 Å². The van der Waals surface area contributed by atoms with E-state index in [0.717, 1.165) is 16.5 Å². The van der Waals surface area contributed by atoms with Gasteiger partial charge in [0.25, 0.3) is 5.69 Å². The Balaban J connectivity index is 1.31. The summed E-state index contributed by atoms with van der Waals surface area (Å²) in [6, 6.07) is 17.5. The molecule has 0 aliphatic carbocycles. The number of benzene rings is 2. The van der Waals surface area contributed by atoms with E-state index in [2.05, 4.69) is 15.5 Å². The summed E-state index contributed by atoms with van der Waals surface area (Å²) in [4.78, 5) is 25.5. The van der Waals surface area contributed by atoms with E-state index in [4.69, 9.17) is 4.42 Å². The van der Waals surface area contributed by atoms with Gasteiger partial charge in [-0.1, -0.05) is 18.2 Å². The van der Waals surface area contributed by atoms with E-state index in [-0.39, 0.29) is 11.6 Å². The van der Waals surface area contributed by atoms with Crippen molar-refractivity contribution in [3.8, 4) is 11.3 Å². The highest BCUT2D eigenvalue weighted by molar-refractivity contribution is 5.84. The van der Waals surface area contributed by atoms with Crippen molar-refractivity contribution < 1.29 is 14.1 Å². The molecule has 30 heavy (non-hydrogen) atoms. The number of hydrogen-bond donors (Lipinski definition) is 2. The summed E-state index contributed by atoms with van der Waals surface area (Å²) in [5.41, 5.74) is 5.36. The molecule has 0 aliphatic heterocycles. The number of rotatable bonds is 7. The fourth-order valence-electron chi connectivity index (χ4n) is 3.14. The van der Waals surface area contributed by atoms with Gasteiger partial charge in [-0.3, -0.25) is 14.9 Å². The van der Waals surface area contributed by atoms with Crippen LogP contribution >= 0.6 is 0 Å². The second-order valence-electron chi connectivity index (χ2n) is 6.66. The third-order valence-electron chi connectivity index (χ3n) is 4.67. The highest BCUT2D eigenvalue weighted by Gasteiger charge is 2.09. The number of hydrogen-bond acceptors (Lipinski definition) is 5. The van der Waals surface area contributed by atoms with E-state index in [1.807, 2.05) is 30.5 Å². The molecule has 0 unspecified atom stereocenters. The molecule has 4 aromatic rings. The first-order valence-electron chi connectivity index (χ1n) is 9.32. The van der Waals surface area contributed by atoms with Crippen molar-refractivity contribution in [1.29, 1.82) is 0 Å². The third-order valence-corrected chi connectivity index (χ3v) is 4.67. The first-order chi connectivity index (χ1) is 14.6. The molecule has 0 aliphatic rings. The Labute approximate surface area is 171 Å². The summed E-state index contributed by atoms with van der Waals surface area (Å²) < 4.78 is 5.64. The molecule has 2 aromatic carbocycles. The minimum Gasteiger partial charge on any atom is -0.455 e. The van der Waals surface area contributed by atoms with Crippen LogP contribution in [-0.2, 0) is 11.2 Å². The van der Waals surface area contributed by atoms with Crippen molar-refractivity contribution >= 4 is 28.7 Å². The Bertz CT molecular complexity index is 1220. The van der Waals surface area contributed by atoms with Crippen LogP contribution in [0.1, 0.15) is 17.7 Å². The normalized spacial score (nSPS) is 11.2. The van der Waals surface area contributed by atoms with Gasteiger partial charge in [-0.25, -0.2) is 5.43 Å². The van der Waals surface area contributed by atoms with Crippen LogP contribution in [0.15, 0.2) is 76.4 Å². The zero-order chi connectivity index (χ0) is 20.9. The zero-order valence-electron chi connectivity index (χ0n) is 15.9. The van der Waals surface area contributed by atoms with Crippen LogP contribution in [0, 0.1) is 10.1 Å². The van der Waals surface area contributed by atoms with Gasteiger partial charge in [0.2, 0.25) is 5.91 Å². The second-order valence-corrected chi connectivity index (χ2v) is 6.66. The minimum absolute atomic E-state index is 0.0161. The Kier molecular flexibility index (Phi) is 5.38. The monoisotopic (exact) mass is 402 g/mol. The van der Waals surface area contributed by atoms with Gasteiger partial charge in [-0.15, -0.1) is 0 Å². The second kappa shape index (κ2) is 8.44. The number of para-hydroxylation sites is 1. The number of aromatic nitrogens is 1. The Morgan fingerprint density at radius 2 is 1.93 bits per heavy atom. The number of amides is 1. The molecule has 2 N–H and O–H groups in total. The largest absolute Gasteiger partial charge is 0.455 e. The first kappa shape index (κ1) is 19.1.